The molecule has 1 aliphatic heterocycles. The summed E-state index contributed by atoms with van der Waals surface area (Å²) < 4.78 is 5.66. The highest BCUT2D eigenvalue weighted by Gasteiger charge is 2.30. The van der Waals surface area contributed by atoms with Crippen molar-refractivity contribution >= 4 is 11.8 Å². The predicted octanol–water partition coefficient (Wildman–Crippen LogP) is 2.87. The van der Waals surface area contributed by atoms with Crippen LogP contribution in [0, 0.1) is 12.3 Å². The van der Waals surface area contributed by atoms with Gasteiger partial charge in [0.25, 0.3) is 0 Å². The number of rotatable bonds is 5. The number of carbonyl (C=O) groups excluding carboxylic acids is 2. The van der Waals surface area contributed by atoms with Crippen molar-refractivity contribution in [3.05, 3.63) is 29.8 Å². The maximum Gasteiger partial charge on any atom is 0.228 e. The molecule has 2 amide bonds. The van der Waals surface area contributed by atoms with Crippen molar-refractivity contribution in [2.75, 3.05) is 32.8 Å². The first-order chi connectivity index (χ1) is 11.8. The van der Waals surface area contributed by atoms with Gasteiger partial charge in [-0.25, -0.2) is 0 Å². The van der Waals surface area contributed by atoms with Crippen LogP contribution < -0.4 is 4.74 Å². The summed E-state index contributed by atoms with van der Waals surface area (Å²) >= 11 is 0. The average Bonchev–Trinajstić information content (AvgIpc) is 2.58. The van der Waals surface area contributed by atoms with Crippen molar-refractivity contribution in [2.24, 2.45) is 5.41 Å². The number of aryl methyl sites for hydroxylation is 1. The van der Waals surface area contributed by atoms with Crippen molar-refractivity contribution in [3.8, 4) is 5.75 Å². The number of hydrogen-bond acceptors (Lipinski definition) is 3. The molecule has 0 aromatic heterocycles. The molecule has 5 heteroatoms. The summed E-state index contributed by atoms with van der Waals surface area (Å²) in [5.41, 5.74) is 0.839. The van der Waals surface area contributed by atoms with Crippen molar-refractivity contribution in [2.45, 2.75) is 40.5 Å². The molecule has 0 bridgehead atoms. The Morgan fingerprint density at radius 1 is 1.00 bits per heavy atom. The van der Waals surface area contributed by atoms with Crippen molar-refractivity contribution in [3.63, 3.8) is 0 Å². The quantitative estimate of drug-likeness (QED) is 0.770. The monoisotopic (exact) mass is 346 g/mol. The fourth-order valence-electron chi connectivity index (χ4n) is 2.84. The lowest BCUT2D eigenvalue weighted by Crippen LogP contribution is -2.53. The van der Waals surface area contributed by atoms with Gasteiger partial charge in [0.1, 0.15) is 5.75 Å². The maximum atomic E-state index is 12.3. The van der Waals surface area contributed by atoms with Crippen LogP contribution in [0.5, 0.6) is 5.75 Å². The zero-order chi connectivity index (χ0) is 18.4. The van der Waals surface area contributed by atoms with E-state index in [0.29, 0.717) is 45.6 Å². The fraction of sp³-hybridized carbons (Fsp3) is 0.600. The number of carbonyl (C=O) groups is 2. The Labute approximate surface area is 150 Å². The molecular weight excluding hydrogens is 316 g/mol. The zero-order valence-corrected chi connectivity index (χ0v) is 15.9. The summed E-state index contributed by atoms with van der Waals surface area (Å²) in [6.45, 7) is 10.9. The molecule has 1 aliphatic rings. The van der Waals surface area contributed by atoms with Gasteiger partial charge in [0, 0.05) is 38.0 Å². The second-order valence-corrected chi connectivity index (χ2v) is 7.69. The zero-order valence-electron chi connectivity index (χ0n) is 15.9. The number of piperazine rings is 1. The molecule has 0 unspecified atom stereocenters. The molecule has 1 heterocycles. The van der Waals surface area contributed by atoms with E-state index in [1.54, 1.807) is 0 Å². The average molecular weight is 346 g/mol. The smallest absolute Gasteiger partial charge is 0.228 e. The van der Waals surface area contributed by atoms with Crippen LogP contribution in [0.3, 0.4) is 0 Å². The van der Waals surface area contributed by atoms with Crippen LogP contribution in [0.25, 0.3) is 0 Å². The normalized spacial score (nSPS) is 15.2. The van der Waals surface area contributed by atoms with E-state index in [2.05, 4.69) is 0 Å². The number of ether oxygens (including phenoxy) is 1. The molecule has 1 aromatic rings. The van der Waals surface area contributed by atoms with Gasteiger partial charge >= 0.3 is 0 Å². The van der Waals surface area contributed by atoms with Crippen molar-refractivity contribution in [1.29, 1.82) is 0 Å². The highest BCUT2D eigenvalue weighted by atomic mass is 16.5. The molecule has 0 aliphatic carbocycles. The Balaban J connectivity index is 1.67. The van der Waals surface area contributed by atoms with Gasteiger partial charge in [0.2, 0.25) is 11.8 Å². The van der Waals surface area contributed by atoms with E-state index in [0.717, 1.165) is 5.75 Å². The summed E-state index contributed by atoms with van der Waals surface area (Å²) in [5, 5.41) is 0. The predicted molar refractivity (Wildman–Crippen MR) is 98.5 cm³/mol. The lowest BCUT2D eigenvalue weighted by atomic mass is 9.94. The molecule has 0 saturated carbocycles. The van der Waals surface area contributed by atoms with E-state index in [4.69, 9.17) is 4.74 Å². The van der Waals surface area contributed by atoms with Crippen LogP contribution in [0.1, 0.15) is 39.2 Å². The van der Waals surface area contributed by atoms with Gasteiger partial charge in [-0.3, -0.25) is 9.59 Å². The third-order valence-electron chi connectivity index (χ3n) is 4.39. The van der Waals surface area contributed by atoms with E-state index in [1.807, 2.05) is 61.8 Å². The minimum atomic E-state index is -0.362. The second-order valence-electron chi connectivity index (χ2n) is 7.69. The highest BCUT2D eigenvalue weighted by molar-refractivity contribution is 5.82. The minimum Gasteiger partial charge on any atom is -0.494 e. The Bertz CT molecular complexity index is 582. The molecule has 5 nitrogen and oxygen atoms in total. The van der Waals surface area contributed by atoms with Gasteiger partial charge in [0.05, 0.1) is 6.61 Å². The van der Waals surface area contributed by atoms with E-state index in [1.165, 1.54) is 5.56 Å². The van der Waals surface area contributed by atoms with Crippen LogP contribution in [0.2, 0.25) is 0 Å². The molecule has 25 heavy (non-hydrogen) atoms. The van der Waals surface area contributed by atoms with E-state index in [-0.39, 0.29) is 17.2 Å². The first-order valence-electron chi connectivity index (χ1n) is 9.04. The number of amides is 2. The molecule has 0 atom stereocenters. The molecule has 1 fully saturated rings. The standard InChI is InChI=1S/C20H30N2O3/c1-16-7-9-17(10-8-16)25-15-5-6-18(23)21-11-13-22(14-12-21)19(24)20(2,3)4/h7-10H,5-6,11-15H2,1-4H3. The van der Waals surface area contributed by atoms with Crippen LogP contribution in [0.15, 0.2) is 24.3 Å². The molecule has 138 valence electrons. The maximum absolute atomic E-state index is 12.3. The Morgan fingerprint density at radius 3 is 2.12 bits per heavy atom. The molecule has 1 saturated heterocycles. The molecule has 1 aromatic carbocycles. The van der Waals surface area contributed by atoms with Gasteiger partial charge in [-0.05, 0) is 25.5 Å². The lowest BCUT2D eigenvalue weighted by Gasteiger charge is -2.37. The largest absolute Gasteiger partial charge is 0.494 e. The van der Waals surface area contributed by atoms with Crippen LogP contribution in [-0.4, -0.2) is 54.4 Å². The Kier molecular flexibility index (Phi) is 6.45. The van der Waals surface area contributed by atoms with Gasteiger partial charge in [-0.15, -0.1) is 0 Å². The van der Waals surface area contributed by atoms with Gasteiger partial charge in [-0.1, -0.05) is 38.5 Å². The van der Waals surface area contributed by atoms with Crippen LogP contribution >= 0.6 is 0 Å². The summed E-state index contributed by atoms with van der Waals surface area (Å²) in [6, 6.07) is 7.92. The Morgan fingerprint density at radius 2 is 1.56 bits per heavy atom. The number of hydrogen-bond donors (Lipinski definition) is 0. The fourth-order valence-corrected chi connectivity index (χ4v) is 2.84. The lowest BCUT2D eigenvalue weighted by molar-refractivity contribution is -0.145. The minimum absolute atomic E-state index is 0.148. The third-order valence-corrected chi connectivity index (χ3v) is 4.39. The topological polar surface area (TPSA) is 49.9 Å². The van der Waals surface area contributed by atoms with Gasteiger partial charge in [0.15, 0.2) is 0 Å². The van der Waals surface area contributed by atoms with E-state index in [9.17, 15) is 9.59 Å². The SMILES string of the molecule is Cc1ccc(OCCCC(=O)N2CCN(C(=O)C(C)(C)C)CC2)cc1. The molecular formula is C20H30N2O3. The second kappa shape index (κ2) is 8.37. The van der Waals surface area contributed by atoms with Crippen molar-refractivity contribution < 1.29 is 14.3 Å². The molecule has 0 spiro atoms. The number of nitrogens with zero attached hydrogens (tertiary/aromatic N) is 2. The van der Waals surface area contributed by atoms with Crippen molar-refractivity contribution in [1.82, 2.24) is 9.80 Å². The van der Waals surface area contributed by atoms with E-state index >= 15 is 0 Å². The summed E-state index contributed by atoms with van der Waals surface area (Å²) in [6.07, 6.45) is 1.19. The molecule has 0 N–H and O–H groups in total. The molecule has 0 radical (unpaired) electrons. The van der Waals surface area contributed by atoms with E-state index < -0.39 is 0 Å². The summed E-state index contributed by atoms with van der Waals surface area (Å²) in [5.74, 6) is 1.15. The third kappa shape index (κ3) is 5.76. The Hall–Kier alpha value is -2.04. The van der Waals surface area contributed by atoms with Crippen LogP contribution in [0.4, 0.5) is 0 Å². The number of benzene rings is 1. The van der Waals surface area contributed by atoms with Gasteiger partial charge in [-0.2, -0.15) is 0 Å². The summed E-state index contributed by atoms with van der Waals surface area (Å²) in [7, 11) is 0. The van der Waals surface area contributed by atoms with Gasteiger partial charge < -0.3 is 14.5 Å². The first-order valence-corrected chi connectivity index (χ1v) is 9.04. The summed E-state index contributed by atoms with van der Waals surface area (Å²) in [4.78, 5) is 28.3. The van der Waals surface area contributed by atoms with Crippen LogP contribution in [-0.2, 0) is 9.59 Å². The molecule has 2 rings (SSSR count). The first kappa shape index (κ1) is 19.3. The highest BCUT2D eigenvalue weighted by Crippen LogP contribution is 2.19.